The monoisotopic (exact) mass is 379 g/mol. The number of hydrogen-bond acceptors (Lipinski definition) is 5. The Balaban J connectivity index is 1.45. The fraction of sp³-hybridized carbons (Fsp3) is 0.565. The molecule has 0 saturated carbocycles. The first-order valence-corrected chi connectivity index (χ1v) is 10.9. The van der Waals surface area contributed by atoms with E-state index in [1.807, 2.05) is 6.92 Å². The van der Waals surface area contributed by atoms with Crippen molar-refractivity contribution in [1.82, 2.24) is 9.97 Å². The van der Waals surface area contributed by atoms with Gasteiger partial charge in [0.25, 0.3) is 0 Å². The summed E-state index contributed by atoms with van der Waals surface area (Å²) in [6.45, 7) is 8.86. The van der Waals surface area contributed by atoms with E-state index in [9.17, 15) is 0 Å². The Kier molecular flexibility index (Phi) is 5.98. The third kappa shape index (κ3) is 4.75. The van der Waals surface area contributed by atoms with Gasteiger partial charge in [0.2, 0.25) is 0 Å². The molecule has 0 atom stereocenters. The van der Waals surface area contributed by atoms with Crippen LogP contribution in [0.5, 0.6) is 0 Å². The van der Waals surface area contributed by atoms with E-state index in [1.165, 1.54) is 44.2 Å². The lowest BCUT2D eigenvalue weighted by atomic mass is 9.99. The first kappa shape index (κ1) is 19.0. The number of rotatable bonds is 4. The summed E-state index contributed by atoms with van der Waals surface area (Å²) >= 11 is 0. The van der Waals surface area contributed by atoms with Gasteiger partial charge in [0.15, 0.2) is 0 Å². The van der Waals surface area contributed by atoms with Crippen molar-refractivity contribution in [3.05, 3.63) is 36.2 Å². The molecule has 0 bridgehead atoms. The Morgan fingerprint density at radius 2 is 1.54 bits per heavy atom. The molecule has 1 aromatic heterocycles. The second kappa shape index (κ2) is 8.80. The van der Waals surface area contributed by atoms with Crippen LogP contribution in [0.2, 0.25) is 0 Å². The lowest BCUT2D eigenvalue weighted by Gasteiger charge is -2.32. The summed E-state index contributed by atoms with van der Waals surface area (Å²) in [6, 6.07) is 10.9. The van der Waals surface area contributed by atoms with Crippen molar-refractivity contribution < 1.29 is 0 Å². The van der Waals surface area contributed by atoms with E-state index in [4.69, 9.17) is 4.98 Å². The number of piperidine rings is 1. The van der Waals surface area contributed by atoms with E-state index in [1.54, 1.807) is 0 Å². The summed E-state index contributed by atoms with van der Waals surface area (Å²) in [7, 11) is 0. The fourth-order valence-corrected chi connectivity index (χ4v) is 4.25. The van der Waals surface area contributed by atoms with Crippen molar-refractivity contribution in [1.29, 1.82) is 0 Å². The van der Waals surface area contributed by atoms with Gasteiger partial charge in [-0.25, -0.2) is 9.97 Å². The predicted octanol–water partition coefficient (Wildman–Crippen LogP) is 5.15. The van der Waals surface area contributed by atoms with Crippen LogP contribution in [-0.4, -0.2) is 36.1 Å². The van der Waals surface area contributed by atoms with E-state index < -0.39 is 0 Å². The maximum atomic E-state index is 4.69. The molecule has 5 heteroatoms. The summed E-state index contributed by atoms with van der Waals surface area (Å²) in [5.41, 5.74) is 2.40. The average Bonchev–Trinajstić information content (AvgIpc) is 2.98. The number of nitrogens with zero attached hydrogens (tertiary/aromatic N) is 4. The van der Waals surface area contributed by atoms with Gasteiger partial charge in [0, 0.05) is 43.6 Å². The van der Waals surface area contributed by atoms with E-state index in [2.05, 4.69) is 57.4 Å². The molecule has 2 aromatic rings. The minimum Gasteiger partial charge on any atom is -0.372 e. The molecule has 0 amide bonds. The molecule has 1 N–H and O–H groups in total. The summed E-state index contributed by atoms with van der Waals surface area (Å²) in [5, 5.41) is 3.48. The molecule has 0 spiro atoms. The Labute approximate surface area is 169 Å². The SMILES string of the molecule is Cc1nc(Nc2ccc(N3CCC(C)CC3)cc2)cc(N2CCCCCC2)n1. The highest BCUT2D eigenvalue weighted by atomic mass is 15.2. The summed E-state index contributed by atoms with van der Waals surface area (Å²) in [6.07, 6.45) is 7.74. The average molecular weight is 380 g/mol. The largest absolute Gasteiger partial charge is 0.372 e. The molecule has 1 aromatic carbocycles. The number of anilines is 4. The van der Waals surface area contributed by atoms with Gasteiger partial charge in [0.1, 0.15) is 17.5 Å². The van der Waals surface area contributed by atoms with Crippen molar-refractivity contribution in [3.8, 4) is 0 Å². The van der Waals surface area contributed by atoms with Crippen LogP contribution >= 0.6 is 0 Å². The normalized spacial score (nSPS) is 18.8. The molecule has 150 valence electrons. The van der Waals surface area contributed by atoms with E-state index >= 15 is 0 Å². The minimum atomic E-state index is 0.823. The summed E-state index contributed by atoms with van der Waals surface area (Å²) < 4.78 is 0. The van der Waals surface area contributed by atoms with Crippen LogP contribution < -0.4 is 15.1 Å². The Morgan fingerprint density at radius 3 is 2.21 bits per heavy atom. The zero-order valence-electron chi connectivity index (χ0n) is 17.3. The van der Waals surface area contributed by atoms with Crippen LogP contribution in [0, 0.1) is 12.8 Å². The standard InChI is InChI=1S/C23H33N5/c1-18-11-15-27(16-12-18)21-9-7-20(8-10-21)26-22-17-23(25-19(2)24-22)28-13-5-3-4-6-14-28/h7-10,17-18H,3-6,11-16H2,1-2H3,(H,24,25,26). The highest BCUT2D eigenvalue weighted by Gasteiger charge is 2.16. The molecule has 0 radical (unpaired) electrons. The molecule has 4 rings (SSSR count). The van der Waals surface area contributed by atoms with Crippen molar-refractivity contribution in [3.63, 3.8) is 0 Å². The third-order valence-corrected chi connectivity index (χ3v) is 6.04. The second-order valence-electron chi connectivity index (χ2n) is 8.40. The number of hydrogen-bond donors (Lipinski definition) is 1. The lowest BCUT2D eigenvalue weighted by molar-refractivity contribution is 0.438. The summed E-state index contributed by atoms with van der Waals surface area (Å²) in [5.74, 6) is 3.61. The van der Waals surface area contributed by atoms with Crippen LogP contribution in [0.15, 0.2) is 30.3 Å². The van der Waals surface area contributed by atoms with Gasteiger partial charge in [-0.2, -0.15) is 0 Å². The summed E-state index contributed by atoms with van der Waals surface area (Å²) in [4.78, 5) is 14.2. The minimum absolute atomic E-state index is 0.823. The smallest absolute Gasteiger partial charge is 0.136 e. The highest BCUT2D eigenvalue weighted by molar-refractivity contribution is 5.63. The first-order valence-electron chi connectivity index (χ1n) is 10.9. The van der Waals surface area contributed by atoms with Crippen LogP contribution in [0.3, 0.4) is 0 Å². The lowest BCUT2D eigenvalue weighted by Crippen LogP contribution is -2.32. The molecule has 5 nitrogen and oxygen atoms in total. The maximum Gasteiger partial charge on any atom is 0.136 e. The van der Waals surface area contributed by atoms with Crippen molar-refractivity contribution in [2.45, 2.75) is 52.4 Å². The highest BCUT2D eigenvalue weighted by Crippen LogP contribution is 2.26. The number of benzene rings is 1. The van der Waals surface area contributed by atoms with E-state index in [-0.39, 0.29) is 0 Å². The van der Waals surface area contributed by atoms with Gasteiger partial charge in [-0.05, 0) is 62.8 Å². The van der Waals surface area contributed by atoms with E-state index in [0.29, 0.717) is 0 Å². The Bertz CT molecular complexity index is 757. The topological polar surface area (TPSA) is 44.3 Å². The number of nitrogens with one attached hydrogen (secondary N) is 1. The van der Waals surface area contributed by atoms with Gasteiger partial charge in [0.05, 0.1) is 0 Å². The zero-order chi connectivity index (χ0) is 19.3. The first-order chi connectivity index (χ1) is 13.7. The van der Waals surface area contributed by atoms with Crippen LogP contribution in [0.4, 0.5) is 23.0 Å². The molecule has 2 aliphatic heterocycles. The number of aryl methyl sites for hydroxylation is 1. The molecular weight excluding hydrogens is 346 g/mol. The van der Waals surface area contributed by atoms with Crippen molar-refractivity contribution in [2.75, 3.05) is 41.3 Å². The molecule has 2 aliphatic rings. The predicted molar refractivity (Wildman–Crippen MR) is 118 cm³/mol. The molecule has 2 fully saturated rings. The third-order valence-electron chi connectivity index (χ3n) is 6.04. The van der Waals surface area contributed by atoms with Crippen LogP contribution in [-0.2, 0) is 0 Å². The van der Waals surface area contributed by atoms with Crippen LogP contribution in [0.25, 0.3) is 0 Å². The Morgan fingerprint density at radius 1 is 0.857 bits per heavy atom. The van der Waals surface area contributed by atoms with Gasteiger partial charge in [-0.3, -0.25) is 0 Å². The molecule has 2 saturated heterocycles. The molecule has 3 heterocycles. The van der Waals surface area contributed by atoms with Gasteiger partial charge < -0.3 is 15.1 Å². The fourth-order valence-electron chi connectivity index (χ4n) is 4.25. The zero-order valence-corrected chi connectivity index (χ0v) is 17.3. The second-order valence-corrected chi connectivity index (χ2v) is 8.40. The molecule has 0 aliphatic carbocycles. The number of aromatic nitrogens is 2. The molecule has 28 heavy (non-hydrogen) atoms. The van der Waals surface area contributed by atoms with Crippen LogP contribution in [0.1, 0.15) is 51.3 Å². The van der Waals surface area contributed by atoms with Gasteiger partial charge in [-0.1, -0.05) is 19.8 Å². The van der Waals surface area contributed by atoms with Gasteiger partial charge in [-0.15, -0.1) is 0 Å². The quantitative estimate of drug-likeness (QED) is 0.796. The van der Waals surface area contributed by atoms with Crippen molar-refractivity contribution >= 4 is 23.0 Å². The van der Waals surface area contributed by atoms with E-state index in [0.717, 1.165) is 55.2 Å². The van der Waals surface area contributed by atoms with Crippen molar-refractivity contribution in [2.24, 2.45) is 5.92 Å². The maximum absolute atomic E-state index is 4.69. The van der Waals surface area contributed by atoms with Gasteiger partial charge >= 0.3 is 0 Å². The molecule has 0 unspecified atom stereocenters. The Hall–Kier alpha value is -2.30. The molecular formula is C23H33N5.